The van der Waals surface area contributed by atoms with E-state index >= 15 is 0 Å². The quantitative estimate of drug-likeness (QED) is 0.775. The van der Waals surface area contributed by atoms with Gasteiger partial charge in [0.15, 0.2) is 0 Å². The SMILES string of the molecule is CCC(=O)Nc1ccc2c(c1)C(=O)N(C)C[C@@H](OC)[C@H](C)CN(CC1CC1)[C@H](C)CO2. The molecule has 0 radical (unpaired) electrons. The molecule has 2 amide bonds. The number of nitrogens with zero attached hydrogens (tertiary/aromatic N) is 2. The Hall–Kier alpha value is -2.12. The third-order valence-electron chi connectivity index (χ3n) is 6.37. The fourth-order valence-corrected chi connectivity index (χ4v) is 4.07. The number of methoxy groups -OCH3 is 1. The first kappa shape index (κ1) is 23.5. The molecule has 1 aliphatic heterocycles. The zero-order valence-corrected chi connectivity index (χ0v) is 19.5. The number of fused-ring (bicyclic) bond motifs is 1. The van der Waals surface area contributed by atoms with Crippen molar-refractivity contribution >= 4 is 17.5 Å². The lowest BCUT2D eigenvalue weighted by Gasteiger charge is -2.36. The Labute approximate surface area is 186 Å². The summed E-state index contributed by atoms with van der Waals surface area (Å²) < 4.78 is 12.0. The number of nitrogens with one attached hydrogen (secondary N) is 1. The fraction of sp³-hybridized carbons (Fsp3) is 0.667. The molecule has 1 aromatic rings. The van der Waals surface area contributed by atoms with Crippen LogP contribution in [0.1, 0.15) is 50.4 Å². The van der Waals surface area contributed by atoms with Crippen molar-refractivity contribution in [3.05, 3.63) is 23.8 Å². The molecule has 1 aliphatic carbocycles. The van der Waals surface area contributed by atoms with E-state index < -0.39 is 0 Å². The molecule has 31 heavy (non-hydrogen) atoms. The van der Waals surface area contributed by atoms with Gasteiger partial charge in [-0.25, -0.2) is 0 Å². The number of carbonyl (C=O) groups is 2. The van der Waals surface area contributed by atoms with Crippen LogP contribution in [0.3, 0.4) is 0 Å². The predicted octanol–water partition coefficient (Wildman–Crippen LogP) is 3.25. The zero-order valence-electron chi connectivity index (χ0n) is 19.5. The maximum atomic E-state index is 13.3. The van der Waals surface area contributed by atoms with Crippen LogP contribution in [-0.2, 0) is 9.53 Å². The van der Waals surface area contributed by atoms with Gasteiger partial charge in [0.05, 0.1) is 11.7 Å². The highest BCUT2D eigenvalue weighted by Gasteiger charge is 2.31. The van der Waals surface area contributed by atoms with Crippen LogP contribution in [0.5, 0.6) is 5.75 Å². The monoisotopic (exact) mass is 431 g/mol. The van der Waals surface area contributed by atoms with Crippen molar-refractivity contribution in [2.45, 2.75) is 52.2 Å². The van der Waals surface area contributed by atoms with Gasteiger partial charge in [-0.1, -0.05) is 13.8 Å². The molecule has 1 aromatic carbocycles. The van der Waals surface area contributed by atoms with E-state index in [9.17, 15) is 9.59 Å². The minimum Gasteiger partial charge on any atom is -0.491 e. The van der Waals surface area contributed by atoms with Crippen molar-refractivity contribution in [1.82, 2.24) is 9.80 Å². The Morgan fingerprint density at radius 1 is 1.26 bits per heavy atom. The normalized spacial score (nSPS) is 25.8. The topological polar surface area (TPSA) is 71.1 Å². The number of anilines is 1. The second kappa shape index (κ2) is 10.5. The van der Waals surface area contributed by atoms with E-state index in [2.05, 4.69) is 24.1 Å². The maximum Gasteiger partial charge on any atom is 0.257 e. The largest absolute Gasteiger partial charge is 0.491 e. The number of benzene rings is 1. The second-order valence-corrected chi connectivity index (χ2v) is 9.11. The van der Waals surface area contributed by atoms with Gasteiger partial charge in [0, 0.05) is 51.9 Å². The summed E-state index contributed by atoms with van der Waals surface area (Å²) in [5.41, 5.74) is 1.06. The van der Waals surface area contributed by atoms with Crippen molar-refractivity contribution in [3.8, 4) is 5.75 Å². The molecule has 1 N–H and O–H groups in total. The van der Waals surface area contributed by atoms with E-state index in [1.165, 1.54) is 12.8 Å². The fourth-order valence-electron chi connectivity index (χ4n) is 4.07. The van der Waals surface area contributed by atoms with Crippen LogP contribution < -0.4 is 10.1 Å². The summed E-state index contributed by atoms with van der Waals surface area (Å²) in [5, 5.41) is 2.84. The molecule has 0 bridgehead atoms. The molecule has 1 saturated carbocycles. The molecule has 7 heteroatoms. The first-order valence-corrected chi connectivity index (χ1v) is 11.4. The predicted molar refractivity (Wildman–Crippen MR) is 122 cm³/mol. The third-order valence-corrected chi connectivity index (χ3v) is 6.37. The summed E-state index contributed by atoms with van der Waals surface area (Å²) in [5.74, 6) is 1.37. The molecule has 1 heterocycles. The molecular formula is C24H37N3O4. The van der Waals surface area contributed by atoms with Gasteiger partial charge in [-0.15, -0.1) is 0 Å². The number of hydrogen-bond donors (Lipinski definition) is 1. The van der Waals surface area contributed by atoms with Gasteiger partial charge in [0.1, 0.15) is 12.4 Å². The Morgan fingerprint density at radius 2 is 2.00 bits per heavy atom. The highest BCUT2D eigenvalue weighted by molar-refractivity contribution is 5.99. The molecule has 0 aromatic heterocycles. The highest BCUT2D eigenvalue weighted by atomic mass is 16.5. The summed E-state index contributed by atoms with van der Waals surface area (Å²) >= 11 is 0. The minimum absolute atomic E-state index is 0.0605. The Balaban J connectivity index is 1.90. The minimum atomic E-state index is -0.139. The zero-order chi connectivity index (χ0) is 22.5. The number of likely N-dealkylation sites (N-methyl/N-ethyl adjacent to an activating group) is 1. The molecule has 3 rings (SSSR count). The van der Waals surface area contributed by atoms with Crippen LogP contribution in [0, 0.1) is 11.8 Å². The lowest BCUT2D eigenvalue weighted by molar-refractivity contribution is -0.115. The molecule has 7 nitrogen and oxygen atoms in total. The Morgan fingerprint density at radius 3 is 2.65 bits per heavy atom. The lowest BCUT2D eigenvalue weighted by atomic mass is 10.0. The summed E-state index contributed by atoms with van der Waals surface area (Å²) in [6, 6.07) is 5.51. The van der Waals surface area contributed by atoms with Crippen LogP contribution in [-0.4, -0.2) is 74.2 Å². The Bertz CT molecular complexity index is 780. The second-order valence-electron chi connectivity index (χ2n) is 9.11. The van der Waals surface area contributed by atoms with E-state index in [1.54, 1.807) is 44.2 Å². The summed E-state index contributed by atoms with van der Waals surface area (Å²) in [7, 11) is 3.51. The molecule has 0 saturated heterocycles. The number of carbonyl (C=O) groups excluding carboxylic acids is 2. The van der Waals surface area contributed by atoms with E-state index in [0.29, 0.717) is 36.6 Å². The third kappa shape index (κ3) is 6.20. The first-order valence-electron chi connectivity index (χ1n) is 11.4. The molecule has 3 atom stereocenters. The number of ether oxygens (including phenoxy) is 2. The molecule has 0 unspecified atom stereocenters. The molecule has 0 spiro atoms. The van der Waals surface area contributed by atoms with Gasteiger partial charge >= 0.3 is 0 Å². The van der Waals surface area contributed by atoms with E-state index in [4.69, 9.17) is 9.47 Å². The van der Waals surface area contributed by atoms with Gasteiger partial charge in [0.2, 0.25) is 5.91 Å². The Kier molecular flexibility index (Phi) is 7.94. The van der Waals surface area contributed by atoms with Crippen LogP contribution in [0.15, 0.2) is 18.2 Å². The first-order chi connectivity index (χ1) is 14.8. The summed E-state index contributed by atoms with van der Waals surface area (Å²) in [6.45, 7) is 9.16. The van der Waals surface area contributed by atoms with E-state index in [1.807, 2.05) is 0 Å². The van der Waals surface area contributed by atoms with E-state index in [-0.39, 0.29) is 29.9 Å². The van der Waals surface area contributed by atoms with Crippen LogP contribution in [0.4, 0.5) is 5.69 Å². The van der Waals surface area contributed by atoms with E-state index in [0.717, 1.165) is 19.0 Å². The number of hydrogen-bond acceptors (Lipinski definition) is 5. The van der Waals surface area contributed by atoms with Crippen molar-refractivity contribution in [2.75, 3.05) is 45.7 Å². The van der Waals surface area contributed by atoms with Crippen LogP contribution in [0.2, 0.25) is 0 Å². The van der Waals surface area contributed by atoms with Crippen molar-refractivity contribution < 1.29 is 19.1 Å². The van der Waals surface area contributed by atoms with Crippen molar-refractivity contribution in [2.24, 2.45) is 11.8 Å². The molecule has 172 valence electrons. The number of amides is 2. The smallest absolute Gasteiger partial charge is 0.257 e. The van der Waals surface area contributed by atoms with Gasteiger partial charge < -0.3 is 19.7 Å². The van der Waals surface area contributed by atoms with Crippen molar-refractivity contribution in [1.29, 1.82) is 0 Å². The summed E-state index contributed by atoms with van der Waals surface area (Å²) in [6.07, 6.45) is 2.93. The number of rotatable bonds is 5. The van der Waals surface area contributed by atoms with Gasteiger partial charge in [-0.2, -0.15) is 0 Å². The highest BCUT2D eigenvalue weighted by Crippen LogP contribution is 2.31. The standard InChI is InChI=1S/C24H37N3O4/c1-6-23(28)25-19-9-10-21-20(11-19)24(29)26(4)14-22(30-5)16(2)12-27(13-18-7-8-18)17(3)15-31-21/h9-11,16-18,22H,6-8,12-15H2,1-5H3,(H,25,28)/t16-,17-,22-/m1/s1. The van der Waals surface area contributed by atoms with Crippen LogP contribution in [0.25, 0.3) is 0 Å². The van der Waals surface area contributed by atoms with Crippen molar-refractivity contribution in [3.63, 3.8) is 0 Å². The van der Waals surface area contributed by atoms with Gasteiger partial charge in [-0.3, -0.25) is 14.5 Å². The molecule has 1 fully saturated rings. The van der Waals surface area contributed by atoms with Gasteiger partial charge in [-0.05, 0) is 49.8 Å². The van der Waals surface area contributed by atoms with Crippen LogP contribution >= 0.6 is 0 Å². The van der Waals surface area contributed by atoms with Gasteiger partial charge in [0.25, 0.3) is 5.91 Å². The maximum absolute atomic E-state index is 13.3. The average Bonchev–Trinajstić information content (AvgIpc) is 3.58. The molecule has 2 aliphatic rings. The molecular weight excluding hydrogens is 394 g/mol. The lowest BCUT2D eigenvalue weighted by Crippen LogP contribution is -2.47. The average molecular weight is 432 g/mol. The summed E-state index contributed by atoms with van der Waals surface area (Å²) in [4.78, 5) is 29.3.